The highest BCUT2D eigenvalue weighted by Gasteiger charge is 2.77. The molecule has 0 aromatic rings. The van der Waals surface area contributed by atoms with Gasteiger partial charge in [-0.15, -0.1) is 0 Å². The first-order valence-corrected chi connectivity index (χ1v) is 27.7. The third kappa shape index (κ3) is 8.64. The van der Waals surface area contributed by atoms with Crippen LogP contribution < -0.4 is 0 Å². The minimum atomic E-state index is -1.99. The van der Waals surface area contributed by atoms with E-state index in [9.17, 15) is 61.3 Å². The topological polar surface area (TPSA) is 326 Å². The number of hydrogen-bond acceptors (Lipinski definition) is 21. The van der Waals surface area contributed by atoms with Crippen LogP contribution in [-0.2, 0) is 42.6 Å². The van der Waals surface area contributed by atoms with Gasteiger partial charge in [0.2, 0.25) is 0 Å². The molecule has 0 aromatic carbocycles. The van der Waals surface area contributed by atoms with Gasteiger partial charge in [-0.25, -0.2) is 0 Å². The van der Waals surface area contributed by atoms with Crippen molar-refractivity contribution >= 4 is 0 Å². The Labute approximate surface area is 439 Å². The molecule has 5 saturated heterocycles. The second kappa shape index (κ2) is 20.1. The molecule has 0 amide bonds. The van der Waals surface area contributed by atoms with E-state index in [0.29, 0.717) is 18.8 Å². The Balaban J connectivity index is 0.932. The molecule has 9 fully saturated rings. The monoisotopic (exact) mass is 1070 g/mol. The van der Waals surface area contributed by atoms with Gasteiger partial charge in [0.25, 0.3) is 0 Å². The van der Waals surface area contributed by atoms with Gasteiger partial charge < -0.3 is 104 Å². The van der Waals surface area contributed by atoms with Gasteiger partial charge >= 0.3 is 0 Å². The largest absolute Gasteiger partial charge is 0.396 e. The second-order valence-corrected chi connectivity index (χ2v) is 26.5. The van der Waals surface area contributed by atoms with E-state index >= 15 is 0 Å². The molecule has 0 aromatic heterocycles. The molecule has 21 heteroatoms. The smallest absolute Gasteiger partial charge is 0.187 e. The standard InChI is InChI=1S/C54H88O21/c1-24-32(58)35(61)38(64)44(68-24)73-41-27(21-56)71-46(40(66)37(41)63)74-42-33(59)25(2)69-47(43(42)75-45-39(65)36(62)34(60)26(20-55)70-45)72-31-11-12-49(5)28(50(31,6)22-57)9-13-51(7)29(49)10-14-54-30-19-48(3,4)15-17-53(30,23-67-54)18-16-52(51,54)8/h10,14,24-47,55-66H,9,11-13,15-23H2,1-8H3/t24-,25+,26+,27+,28+,29+,30-,31-,32-,33-,34+,35+,36-,37+,38+,39+,40+,41+,42-,43+,44-,45-,46-,47-,49-,50-,51+,52-,53+,54-/m0/s1. The van der Waals surface area contributed by atoms with Crippen LogP contribution >= 0.6 is 0 Å². The first kappa shape index (κ1) is 57.1. The maximum absolute atomic E-state index is 12.0. The van der Waals surface area contributed by atoms with Crippen LogP contribution in [-0.4, -0.2) is 222 Å². The van der Waals surface area contributed by atoms with Crippen molar-refractivity contribution < 1.29 is 104 Å². The fourth-order valence-electron chi connectivity index (χ4n) is 17.1. The van der Waals surface area contributed by atoms with Crippen molar-refractivity contribution in [3.63, 3.8) is 0 Å². The molecule has 75 heavy (non-hydrogen) atoms. The van der Waals surface area contributed by atoms with E-state index < -0.39 is 148 Å². The Morgan fingerprint density at radius 3 is 1.76 bits per heavy atom. The molecule has 5 heterocycles. The van der Waals surface area contributed by atoms with Gasteiger partial charge in [-0.2, -0.15) is 0 Å². The van der Waals surface area contributed by atoms with Gasteiger partial charge in [-0.3, -0.25) is 0 Å². The van der Waals surface area contributed by atoms with Crippen LogP contribution in [0.3, 0.4) is 0 Å². The van der Waals surface area contributed by atoms with Gasteiger partial charge in [0, 0.05) is 16.7 Å². The first-order valence-electron chi connectivity index (χ1n) is 27.7. The molecule has 10 aliphatic rings. The summed E-state index contributed by atoms with van der Waals surface area (Å²) in [5.74, 6) is 0.524. The number of rotatable bonds is 11. The van der Waals surface area contributed by atoms with Gasteiger partial charge in [0.15, 0.2) is 25.2 Å². The van der Waals surface area contributed by atoms with E-state index in [2.05, 4.69) is 46.8 Å². The van der Waals surface area contributed by atoms with E-state index in [4.69, 9.17) is 42.6 Å². The highest BCUT2D eigenvalue weighted by Crippen LogP contribution is 2.79. The normalized spacial score (nSPS) is 58.3. The lowest BCUT2D eigenvalue weighted by molar-refractivity contribution is -0.403. The van der Waals surface area contributed by atoms with Crippen LogP contribution in [0.25, 0.3) is 0 Å². The van der Waals surface area contributed by atoms with Gasteiger partial charge in [-0.05, 0) is 105 Å². The summed E-state index contributed by atoms with van der Waals surface area (Å²) >= 11 is 0. The Kier molecular flexibility index (Phi) is 15.3. The average molecular weight is 1070 g/mol. The number of hydrogen-bond donors (Lipinski definition) is 12. The number of aliphatic hydroxyl groups is 12. The zero-order valence-electron chi connectivity index (χ0n) is 44.7. The Morgan fingerprint density at radius 1 is 0.520 bits per heavy atom. The number of fused-ring (bicyclic) bond motifs is 4. The maximum atomic E-state index is 12.0. The van der Waals surface area contributed by atoms with Crippen LogP contribution in [0.15, 0.2) is 12.2 Å². The van der Waals surface area contributed by atoms with Crippen molar-refractivity contribution in [2.75, 3.05) is 26.4 Å². The molecule has 12 N–H and O–H groups in total. The second-order valence-electron chi connectivity index (χ2n) is 26.5. The van der Waals surface area contributed by atoms with Gasteiger partial charge in [0.1, 0.15) is 85.5 Å². The summed E-state index contributed by atoms with van der Waals surface area (Å²) in [4.78, 5) is 0. The van der Waals surface area contributed by atoms with Gasteiger partial charge in [0.05, 0.1) is 50.3 Å². The van der Waals surface area contributed by atoms with Crippen LogP contribution in [0.4, 0.5) is 0 Å². The average Bonchev–Trinajstić information content (AvgIpc) is 3.63. The predicted molar refractivity (Wildman–Crippen MR) is 259 cm³/mol. The third-order valence-corrected chi connectivity index (χ3v) is 22.1. The Hall–Kier alpha value is -1.10. The number of aliphatic hydroxyl groups excluding tert-OH is 12. The van der Waals surface area contributed by atoms with Crippen LogP contribution in [0, 0.1) is 50.2 Å². The SMILES string of the molecule is C[C@@H]1O[C@@H](O[C@H]2[C@H](O)[C@@H](O)[C@H](O[C@H]3[C@@H](O)[C@@H](C)O[C@@H](O[C@H]4CC[C@@]5(C)[C@@H](CC[C@]6(C)[C@@H]5C=C[C@]57OC[C@@]8(CCC(C)(C)C[C@@H]85)CC[C@]76C)[C@]4(C)CO)[C@@H]3O[C@@H]3O[C@H](CO)[C@@H](O)[C@H](O)[C@H]3O)O[C@@H]2CO)[C@H](O)[C@H](O)[C@H]1O. The molecule has 4 saturated carbocycles. The van der Waals surface area contributed by atoms with Crippen molar-refractivity contribution in [2.45, 2.75) is 248 Å². The molecular formula is C54H88O21. The fraction of sp³-hybridized carbons (Fsp3) is 0.963. The molecule has 30 atom stereocenters. The summed E-state index contributed by atoms with van der Waals surface area (Å²) < 4.78 is 56.6. The zero-order chi connectivity index (χ0) is 54.3. The lowest BCUT2D eigenvalue weighted by atomic mass is 9.32. The molecule has 1 spiro atoms. The molecule has 21 nitrogen and oxygen atoms in total. The molecular weight excluding hydrogens is 985 g/mol. The Morgan fingerprint density at radius 2 is 1.09 bits per heavy atom. The third-order valence-electron chi connectivity index (χ3n) is 22.1. The molecule has 0 radical (unpaired) electrons. The quantitative estimate of drug-likeness (QED) is 0.0915. The van der Waals surface area contributed by atoms with Crippen LogP contribution in [0.1, 0.15) is 113 Å². The molecule has 2 bridgehead atoms. The van der Waals surface area contributed by atoms with Crippen molar-refractivity contribution in [1.82, 2.24) is 0 Å². The molecule has 430 valence electrons. The van der Waals surface area contributed by atoms with Crippen molar-refractivity contribution in [1.29, 1.82) is 0 Å². The van der Waals surface area contributed by atoms with E-state index in [1.165, 1.54) is 19.8 Å². The Bertz CT molecular complexity index is 2070. The summed E-state index contributed by atoms with van der Waals surface area (Å²) in [6, 6.07) is 0. The molecule has 5 aliphatic heterocycles. The van der Waals surface area contributed by atoms with Crippen molar-refractivity contribution in [3.05, 3.63) is 12.2 Å². The summed E-state index contributed by atoms with van der Waals surface area (Å²) in [5.41, 5.74) is -1.37. The maximum Gasteiger partial charge on any atom is 0.187 e. The van der Waals surface area contributed by atoms with E-state index in [1.54, 1.807) is 6.92 Å². The minimum absolute atomic E-state index is 0.0621. The molecule has 0 unspecified atom stereocenters. The summed E-state index contributed by atoms with van der Waals surface area (Å²) in [6.07, 6.45) is -19.8. The van der Waals surface area contributed by atoms with Crippen LogP contribution in [0.5, 0.6) is 0 Å². The van der Waals surface area contributed by atoms with Crippen molar-refractivity contribution in [3.8, 4) is 0 Å². The first-order chi connectivity index (χ1) is 35.2. The van der Waals surface area contributed by atoms with Crippen molar-refractivity contribution in [2.24, 2.45) is 50.2 Å². The minimum Gasteiger partial charge on any atom is -0.396 e. The number of allylic oxidation sites excluding steroid dienone is 1. The lowest BCUT2D eigenvalue weighted by Crippen LogP contribution is -2.71. The fourth-order valence-corrected chi connectivity index (χ4v) is 17.1. The van der Waals surface area contributed by atoms with E-state index in [0.717, 1.165) is 38.7 Å². The highest BCUT2D eigenvalue weighted by molar-refractivity contribution is 5.35. The number of ether oxygens (including phenoxy) is 9. The van der Waals surface area contributed by atoms with Gasteiger partial charge in [-0.1, -0.05) is 53.7 Å². The van der Waals surface area contributed by atoms with Crippen LogP contribution in [0.2, 0.25) is 0 Å². The molecule has 10 rings (SSSR count). The summed E-state index contributed by atoms with van der Waals surface area (Å²) in [6.45, 7) is 16.1. The zero-order valence-corrected chi connectivity index (χ0v) is 44.7. The molecule has 5 aliphatic carbocycles. The summed E-state index contributed by atoms with van der Waals surface area (Å²) in [5, 5.41) is 132. The van der Waals surface area contributed by atoms with E-state index in [-0.39, 0.29) is 51.1 Å². The summed E-state index contributed by atoms with van der Waals surface area (Å²) in [7, 11) is 0. The predicted octanol–water partition coefficient (Wildman–Crippen LogP) is -0.518. The highest BCUT2D eigenvalue weighted by atomic mass is 16.8. The van der Waals surface area contributed by atoms with E-state index in [1.807, 2.05) is 6.92 Å². The lowest BCUT2D eigenvalue weighted by Gasteiger charge is -2.73.